The minimum absolute atomic E-state index is 0.239. The number of piperazine rings is 1. The second-order valence-corrected chi connectivity index (χ2v) is 6.46. The molecule has 0 aromatic carbocycles. The van der Waals surface area contributed by atoms with Gasteiger partial charge in [0.25, 0.3) is 0 Å². The molecule has 20 heavy (non-hydrogen) atoms. The van der Waals surface area contributed by atoms with Crippen molar-refractivity contribution in [3.63, 3.8) is 0 Å². The number of rotatable bonds is 3. The molecule has 1 aliphatic rings. The summed E-state index contributed by atoms with van der Waals surface area (Å²) in [5, 5.41) is 0. The van der Waals surface area contributed by atoms with Crippen molar-refractivity contribution in [2.24, 2.45) is 0 Å². The van der Waals surface area contributed by atoms with E-state index in [0.29, 0.717) is 5.82 Å². The van der Waals surface area contributed by atoms with E-state index in [1.807, 2.05) is 0 Å². The van der Waals surface area contributed by atoms with Gasteiger partial charge in [0.05, 0.1) is 0 Å². The summed E-state index contributed by atoms with van der Waals surface area (Å²) in [6, 6.07) is 0. The monoisotopic (exact) mass is 277 g/mol. The molecule has 1 saturated heterocycles. The number of hydrogen-bond acceptors (Lipinski definition) is 5. The maximum absolute atomic E-state index is 6.02. The quantitative estimate of drug-likeness (QED) is 0.915. The van der Waals surface area contributed by atoms with Gasteiger partial charge in [0.15, 0.2) is 0 Å². The van der Waals surface area contributed by atoms with Crippen LogP contribution in [0, 0.1) is 0 Å². The number of nitrogens with zero attached hydrogens (tertiary/aromatic N) is 4. The Morgan fingerprint density at radius 3 is 2.35 bits per heavy atom. The third-order valence-corrected chi connectivity index (χ3v) is 3.98. The van der Waals surface area contributed by atoms with Crippen molar-refractivity contribution in [2.75, 3.05) is 36.8 Å². The first-order valence-corrected chi connectivity index (χ1v) is 7.53. The maximum Gasteiger partial charge on any atom is 0.137 e. The summed E-state index contributed by atoms with van der Waals surface area (Å²) >= 11 is 0. The number of aromatic nitrogens is 2. The molecule has 0 spiro atoms. The molecular formula is C15H27N5. The fourth-order valence-electron chi connectivity index (χ4n) is 2.77. The van der Waals surface area contributed by atoms with Crippen LogP contribution in [-0.4, -0.2) is 46.6 Å². The predicted octanol–water partition coefficient (Wildman–Crippen LogP) is 1.93. The van der Waals surface area contributed by atoms with Gasteiger partial charge in [0.1, 0.15) is 18.0 Å². The van der Waals surface area contributed by atoms with E-state index in [-0.39, 0.29) is 5.54 Å². The fraction of sp³-hybridized carbons (Fsp3) is 0.733. The second kappa shape index (κ2) is 5.95. The average Bonchev–Trinajstić information content (AvgIpc) is 2.40. The van der Waals surface area contributed by atoms with Crippen LogP contribution < -0.4 is 10.6 Å². The first-order chi connectivity index (χ1) is 9.43. The normalized spacial score (nSPS) is 17.5. The molecule has 2 N–H and O–H groups in total. The van der Waals surface area contributed by atoms with Crippen LogP contribution >= 0.6 is 0 Å². The van der Waals surface area contributed by atoms with Gasteiger partial charge in [-0.15, -0.1) is 0 Å². The van der Waals surface area contributed by atoms with Crippen molar-refractivity contribution in [3.8, 4) is 0 Å². The Morgan fingerprint density at radius 2 is 1.80 bits per heavy atom. The van der Waals surface area contributed by atoms with Gasteiger partial charge in [-0.25, -0.2) is 9.97 Å². The molecular weight excluding hydrogens is 250 g/mol. The minimum Gasteiger partial charge on any atom is -0.383 e. The van der Waals surface area contributed by atoms with Crippen LogP contribution in [0.5, 0.6) is 0 Å². The van der Waals surface area contributed by atoms with Crippen molar-refractivity contribution in [2.45, 2.75) is 46.1 Å². The lowest BCUT2D eigenvalue weighted by Gasteiger charge is -2.43. The molecule has 1 aromatic heterocycles. The van der Waals surface area contributed by atoms with Crippen LogP contribution in [0.25, 0.3) is 0 Å². The van der Waals surface area contributed by atoms with Gasteiger partial charge in [0, 0.05) is 37.3 Å². The first kappa shape index (κ1) is 15.0. The largest absolute Gasteiger partial charge is 0.383 e. The molecule has 0 radical (unpaired) electrons. The molecule has 0 atom stereocenters. The van der Waals surface area contributed by atoms with E-state index >= 15 is 0 Å². The number of nitrogen functional groups attached to an aromatic ring is 1. The zero-order valence-electron chi connectivity index (χ0n) is 13.2. The Labute approximate surface area is 122 Å². The Bertz CT molecular complexity index is 444. The highest BCUT2D eigenvalue weighted by atomic mass is 15.3. The Balaban J connectivity index is 2.13. The number of anilines is 2. The van der Waals surface area contributed by atoms with E-state index in [1.165, 1.54) is 0 Å². The van der Waals surface area contributed by atoms with Crippen LogP contribution in [0.3, 0.4) is 0 Å². The minimum atomic E-state index is 0.239. The van der Waals surface area contributed by atoms with Crippen LogP contribution in [0.1, 0.15) is 39.7 Å². The predicted molar refractivity (Wildman–Crippen MR) is 84.0 cm³/mol. The Morgan fingerprint density at radius 1 is 1.15 bits per heavy atom. The Kier molecular flexibility index (Phi) is 4.48. The van der Waals surface area contributed by atoms with Crippen LogP contribution in [0.2, 0.25) is 0 Å². The van der Waals surface area contributed by atoms with Gasteiger partial charge in [-0.2, -0.15) is 0 Å². The summed E-state index contributed by atoms with van der Waals surface area (Å²) in [6.45, 7) is 13.1. The highest BCUT2D eigenvalue weighted by Crippen LogP contribution is 2.25. The molecule has 0 aliphatic carbocycles. The fourth-order valence-corrected chi connectivity index (χ4v) is 2.77. The highest BCUT2D eigenvalue weighted by molar-refractivity contribution is 5.57. The highest BCUT2D eigenvalue weighted by Gasteiger charge is 2.27. The smallest absolute Gasteiger partial charge is 0.137 e. The van der Waals surface area contributed by atoms with Gasteiger partial charge in [-0.3, -0.25) is 4.90 Å². The zero-order chi connectivity index (χ0) is 14.8. The standard InChI is InChI=1S/C15H27N5/c1-5-6-12-13(16)17-11-18-14(12)19-7-9-20(10-8-19)15(2,3)4/h11H,5-10H2,1-4H3,(H2,16,17,18). The molecule has 2 rings (SSSR count). The van der Waals surface area contributed by atoms with E-state index in [0.717, 1.165) is 50.4 Å². The van der Waals surface area contributed by atoms with Gasteiger partial charge in [-0.05, 0) is 27.2 Å². The van der Waals surface area contributed by atoms with E-state index in [2.05, 4.69) is 47.5 Å². The molecule has 0 bridgehead atoms. The average molecular weight is 277 g/mol. The molecule has 5 heteroatoms. The van der Waals surface area contributed by atoms with Gasteiger partial charge in [-0.1, -0.05) is 13.3 Å². The first-order valence-electron chi connectivity index (χ1n) is 7.53. The van der Waals surface area contributed by atoms with E-state index in [9.17, 15) is 0 Å². The maximum atomic E-state index is 6.02. The van der Waals surface area contributed by atoms with Crippen molar-refractivity contribution in [1.82, 2.24) is 14.9 Å². The molecule has 1 aromatic rings. The number of hydrogen-bond donors (Lipinski definition) is 1. The molecule has 0 unspecified atom stereocenters. The third-order valence-electron chi connectivity index (χ3n) is 3.98. The summed E-state index contributed by atoms with van der Waals surface area (Å²) in [4.78, 5) is 13.5. The van der Waals surface area contributed by atoms with E-state index < -0.39 is 0 Å². The van der Waals surface area contributed by atoms with Gasteiger partial charge < -0.3 is 10.6 Å². The summed E-state index contributed by atoms with van der Waals surface area (Å²) in [6.07, 6.45) is 3.59. The molecule has 1 aliphatic heterocycles. The van der Waals surface area contributed by atoms with Crippen LogP contribution in [-0.2, 0) is 6.42 Å². The third kappa shape index (κ3) is 3.20. The van der Waals surface area contributed by atoms with E-state index in [4.69, 9.17) is 5.73 Å². The van der Waals surface area contributed by atoms with Gasteiger partial charge in [0.2, 0.25) is 0 Å². The number of nitrogens with two attached hydrogens (primary N) is 1. The molecule has 0 amide bonds. The molecule has 2 heterocycles. The Hall–Kier alpha value is -1.36. The molecule has 112 valence electrons. The van der Waals surface area contributed by atoms with Crippen molar-refractivity contribution < 1.29 is 0 Å². The summed E-state index contributed by atoms with van der Waals surface area (Å²) in [7, 11) is 0. The van der Waals surface area contributed by atoms with Crippen molar-refractivity contribution >= 4 is 11.6 Å². The molecule has 0 saturated carbocycles. The van der Waals surface area contributed by atoms with Crippen molar-refractivity contribution in [3.05, 3.63) is 11.9 Å². The molecule has 1 fully saturated rings. The topological polar surface area (TPSA) is 58.3 Å². The zero-order valence-corrected chi connectivity index (χ0v) is 13.2. The summed E-state index contributed by atoms with van der Waals surface area (Å²) in [5.74, 6) is 1.67. The second-order valence-electron chi connectivity index (χ2n) is 6.46. The van der Waals surface area contributed by atoms with Gasteiger partial charge >= 0.3 is 0 Å². The lowest BCUT2D eigenvalue weighted by molar-refractivity contribution is 0.128. The van der Waals surface area contributed by atoms with Crippen LogP contribution in [0.4, 0.5) is 11.6 Å². The SMILES string of the molecule is CCCc1c(N)ncnc1N1CCN(C(C)(C)C)CC1. The lowest BCUT2D eigenvalue weighted by atomic mass is 10.0. The van der Waals surface area contributed by atoms with Crippen molar-refractivity contribution in [1.29, 1.82) is 0 Å². The van der Waals surface area contributed by atoms with E-state index in [1.54, 1.807) is 6.33 Å². The molecule has 5 nitrogen and oxygen atoms in total. The summed E-state index contributed by atoms with van der Waals surface area (Å²) in [5.41, 5.74) is 7.37. The lowest BCUT2D eigenvalue weighted by Crippen LogP contribution is -2.53. The summed E-state index contributed by atoms with van der Waals surface area (Å²) < 4.78 is 0. The van der Waals surface area contributed by atoms with Crippen LogP contribution in [0.15, 0.2) is 6.33 Å².